The van der Waals surface area contributed by atoms with Crippen LogP contribution in [0.15, 0.2) is 0 Å². The second-order valence-corrected chi connectivity index (χ2v) is 6.01. The Labute approximate surface area is 116 Å². The summed E-state index contributed by atoms with van der Waals surface area (Å²) in [5.41, 5.74) is 0. The smallest absolute Gasteiger partial charge is 0.229 e. The highest BCUT2D eigenvalue weighted by Gasteiger charge is 2.31. The molecule has 1 unspecified atom stereocenters. The van der Waals surface area contributed by atoms with Crippen molar-refractivity contribution in [2.45, 2.75) is 39.0 Å². The van der Waals surface area contributed by atoms with Crippen LogP contribution >= 0.6 is 22.9 Å². The van der Waals surface area contributed by atoms with E-state index in [1.165, 1.54) is 24.2 Å². The fraction of sp³-hybridized carbons (Fsp3) is 0.750. The van der Waals surface area contributed by atoms with Crippen molar-refractivity contribution >= 4 is 34.0 Å². The summed E-state index contributed by atoms with van der Waals surface area (Å²) in [6.45, 7) is 2.87. The van der Waals surface area contributed by atoms with Crippen LogP contribution in [0.1, 0.15) is 37.6 Å². The van der Waals surface area contributed by atoms with Gasteiger partial charge in [-0.05, 0) is 12.3 Å². The van der Waals surface area contributed by atoms with E-state index in [1.807, 2.05) is 0 Å². The van der Waals surface area contributed by atoms with E-state index in [4.69, 9.17) is 11.6 Å². The Morgan fingerprint density at radius 3 is 2.94 bits per heavy atom. The van der Waals surface area contributed by atoms with Crippen molar-refractivity contribution in [2.75, 3.05) is 17.3 Å². The zero-order valence-electron chi connectivity index (χ0n) is 10.6. The molecular formula is C12H18ClN3OS. The van der Waals surface area contributed by atoms with Gasteiger partial charge in [0.25, 0.3) is 0 Å². The van der Waals surface area contributed by atoms with Crippen molar-refractivity contribution in [1.82, 2.24) is 10.2 Å². The predicted molar refractivity (Wildman–Crippen MR) is 74.3 cm³/mol. The molecule has 2 rings (SSSR count). The van der Waals surface area contributed by atoms with Gasteiger partial charge in [-0.2, -0.15) is 0 Å². The maximum absolute atomic E-state index is 11.8. The first-order valence-electron chi connectivity index (χ1n) is 6.43. The van der Waals surface area contributed by atoms with Crippen LogP contribution in [0, 0.1) is 5.92 Å². The van der Waals surface area contributed by atoms with E-state index in [2.05, 4.69) is 17.1 Å². The maximum atomic E-state index is 11.8. The minimum Gasteiger partial charge on any atom is -0.286 e. The first-order valence-corrected chi connectivity index (χ1v) is 7.78. The van der Waals surface area contributed by atoms with E-state index in [0.29, 0.717) is 18.8 Å². The van der Waals surface area contributed by atoms with Crippen LogP contribution < -0.4 is 4.90 Å². The molecule has 18 heavy (non-hydrogen) atoms. The Morgan fingerprint density at radius 1 is 1.44 bits per heavy atom. The molecule has 1 fully saturated rings. The normalized spacial score (nSPS) is 19.8. The molecule has 100 valence electrons. The van der Waals surface area contributed by atoms with Crippen LogP contribution in [0.3, 0.4) is 0 Å². The van der Waals surface area contributed by atoms with Crippen LogP contribution in [0.25, 0.3) is 0 Å². The zero-order valence-corrected chi connectivity index (χ0v) is 12.1. The molecule has 0 bridgehead atoms. The third kappa shape index (κ3) is 3.20. The average molecular weight is 288 g/mol. The van der Waals surface area contributed by atoms with Crippen LogP contribution in [0.5, 0.6) is 0 Å². The molecule has 1 saturated heterocycles. The van der Waals surface area contributed by atoms with Gasteiger partial charge in [-0.25, -0.2) is 0 Å². The van der Waals surface area contributed by atoms with Gasteiger partial charge in [-0.3, -0.25) is 9.69 Å². The molecule has 1 aliphatic heterocycles. The zero-order chi connectivity index (χ0) is 13.0. The van der Waals surface area contributed by atoms with Crippen molar-refractivity contribution in [3.05, 3.63) is 5.01 Å². The van der Waals surface area contributed by atoms with Crippen molar-refractivity contribution < 1.29 is 4.79 Å². The lowest BCUT2D eigenvalue weighted by Gasteiger charge is -2.10. The molecule has 4 nitrogen and oxygen atoms in total. The average Bonchev–Trinajstić information content (AvgIpc) is 2.96. The number of aromatic nitrogens is 2. The van der Waals surface area contributed by atoms with E-state index in [1.54, 1.807) is 4.90 Å². The Kier molecular flexibility index (Phi) is 4.95. The number of nitrogens with zero attached hydrogens (tertiary/aromatic N) is 3. The van der Waals surface area contributed by atoms with Crippen LogP contribution in [0.4, 0.5) is 5.13 Å². The number of halogens is 1. The first-order chi connectivity index (χ1) is 8.74. The van der Waals surface area contributed by atoms with Crippen LogP contribution in [0.2, 0.25) is 0 Å². The van der Waals surface area contributed by atoms with Gasteiger partial charge >= 0.3 is 0 Å². The van der Waals surface area contributed by atoms with Crippen molar-refractivity contribution in [2.24, 2.45) is 5.92 Å². The summed E-state index contributed by atoms with van der Waals surface area (Å²) >= 11 is 7.34. The highest BCUT2D eigenvalue weighted by atomic mass is 35.5. The van der Waals surface area contributed by atoms with Gasteiger partial charge in [0.1, 0.15) is 5.01 Å². The number of carbonyl (C=O) groups excluding carboxylic acids is 1. The lowest BCUT2D eigenvalue weighted by atomic mass is 10.2. The lowest BCUT2D eigenvalue weighted by molar-refractivity contribution is -0.117. The first kappa shape index (κ1) is 13.7. The Balaban J connectivity index is 1.95. The second kappa shape index (κ2) is 6.48. The summed E-state index contributed by atoms with van der Waals surface area (Å²) in [6.07, 6.45) is 5.06. The molecule has 0 radical (unpaired) electrons. The number of alkyl halides is 1. The van der Waals surface area contributed by atoms with E-state index in [9.17, 15) is 4.79 Å². The molecule has 1 atom stereocenters. The summed E-state index contributed by atoms with van der Waals surface area (Å²) in [6, 6.07) is 0. The molecule has 1 amide bonds. The summed E-state index contributed by atoms with van der Waals surface area (Å²) < 4.78 is 0. The van der Waals surface area contributed by atoms with Gasteiger partial charge in [0.2, 0.25) is 11.0 Å². The molecule has 0 N–H and O–H groups in total. The highest BCUT2D eigenvalue weighted by Crippen LogP contribution is 2.28. The third-order valence-electron chi connectivity index (χ3n) is 3.10. The summed E-state index contributed by atoms with van der Waals surface area (Å²) in [4.78, 5) is 13.6. The van der Waals surface area contributed by atoms with Crippen molar-refractivity contribution in [1.29, 1.82) is 0 Å². The summed E-state index contributed by atoms with van der Waals surface area (Å²) in [7, 11) is 0. The van der Waals surface area contributed by atoms with Gasteiger partial charge in [0, 0.05) is 25.3 Å². The standard InChI is InChI=1S/C12H18ClN3OS/c1-2-3-4-5-10-14-15-12(18-10)16-8-9(7-13)6-11(16)17/h9H,2-8H2,1H3. The molecule has 1 aliphatic rings. The Hall–Kier alpha value is -0.680. The lowest BCUT2D eigenvalue weighted by Crippen LogP contribution is -2.24. The minimum absolute atomic E-state index is 0.122. The predicted octanol–water partition coefficient (Wildman–Crippen LogP) is 2.86. The third-order valence-corrected chi connectivity index (χ3v) is 4.55. The maximum Gasteiger partial charge on any atom is 0.229 e. The molecule has 0 saturated carbocycles. The number of unbranched alkanes of at least 4 members (excludes halogenated alkanes) is 2. The number of hydrogen-bond donors (Lipinski definition) is 0. The second-order valence-electron chi connectivity index (χ2n) is 4.66. The Morgan fingerprint density at radius 2 is 2.28 bits per heavy atom. The number of rotatable bonds is 6. The molecule has 2 heterocycles. The fourth-order valence-electron chi connectivity index (χ4n) is 2.05. The van der Waals surface area contributed by atoms with E-state index in [-0.39, 0.29) is 11.8 Å². The Bertz CT molecular complexity index is 410. The number of hydrogen-bond acceptors (Lipinski definition) is 4. The fourth-order valence-corrected chi connectivity index (χ4v) is 3.16. The van der Waals surface area contributed by atoms with Gasteiger partial charge in [-0.1, -0.05) is 31.1 Å². The van der Waals surface area contributed by atoms with Gasteiger partial charge < -0.3 is 0 Å². The van der Waals surface area contributed by atoms with Gasteiger partial charge in [0.05, 0.1) is 0 Å². The number of aryl methyl sites for hydroxylation is 1. The number of carbonyl (C=O) groups is 1. The minimum atomic E-state index is 0.122. The number of anilines is 1. The molecule has 6 heteroatoms. The van der Waals surface area contributed by atoms with Crippen molar-refractivity contribution in [3.63, 3.8) is 0 Å². The topological polar surface area (TPSA) is 46.1 Å². The number of amides is 1. The molecule has 1 aromatic rings. The van der Waals surface area contributed by atoms with Crippen LogP contribution in [-0.4, -0.2) is 28.5 Å². The van der Waals surface area contributed by atoms with Gasteiger partial charge in [-0.15, -0.1) is 21.8 Å². The molecular weight excluding hydrogens is 270 g/mol. The van der Waals surface area contributed by atoms with E-state index < -0.39 is 0 Å². The molecule has 0 aromatic carbocycles. The summed E-state index contributed by atoms with van der Waals surface area (Å²) in [5.74, 6) is 0.910. The van der Waals surface area contributed by atoms with Crippen molar-refractivity contribution in [3.8, 4) is 0 Å². The summed E-state index contributed by atoms with van der Waals surface area (Å²) in [5, 5.41) is 10.0. The molecule has 1 aromatic heterocycles. The highest BCUT2D eigenvalue weighted by molar-refractivity contribution is 7.15. The quantitative estimate of drug-likeness (QED) is 0.597. The van der Waals surface area contributed by atoms with Gasteiger partial charge in [0.15, 0.2) is 0 Å². The molecule has 0 aliphatic carbocycles. The largest absolute Gasteiger partial charge is 0.286 e. The molecule has 0 spiro atoms. The SMILES string of the molecule is CCCCCc1nnc(N2CC(CCl)CC2=O)s1. The monoisotopic (exact) mass is 287 g/mol. The van der Waals surface area contributed by atoms with E-state index in [0.717, 1.165) is 23.0 Å². The van der Waals surface area contributed by atoms with Crippen LogP contribution in [-0.2, 0) is 11.2 Å². The van der Waals surface area contributed by atoms with E-state index >= 15 is 0 Å².